The summed E-state index contributed by atoms with van der Waals surface area (Å²) in [5.74, 6) is 0.353. The lowest BCUT2D eigenvalue weighted by molar-refractivity contribution is 0.263. The predicted molar refractivity (Wildman–Crippen MR) is 94.7 cm³/mol. The van der Waals surface area contributed by atoms with E-state index >= 15 is 0 Å². The van der Waals surface area contributed by atoms with Crippen LogP contribution in [0.2, 0.25) is 0 Å². The number of nitriles is 1. The van der Waals surface area contributed by atoms with Crippen LogP contribution >= 0.6 is 6.72 Å². The van der Waals surface area contributed by atoms with Gasteiger partial charge in [-0.3, -0.25) is 0 Å². The summed E-state index contributed by atoms with van der Waals surface area (Å²) >= 11 is 5.30. The molecule has 0 aliphatic carbocycles. The maximum Gasteiger partial charge on any atom is 0.380 e. The van der Waals surface area contributed by atoms with Gasteiger partial charge in [-0.1, -0.05) is 60.7 Å². The lowest BCUT2D eigenvalue weighted by atomic mass is 10.0. The van der Waals surface area contributed by atoms with Crippen LogP contribution in [0.4, 0.5) is 0 Å². The van der Waals surface area contributed by atoms with Crippen molar-refractivity contribution >= 4 is 29.9 Å². The normalized spacial score (nSPS) is 12.2. The molecule has 0 saturated carbocycles. The highest BCUT2D eigenvalue weighted by molar-refractivity contribution is 8.07. The van der Waals surface area contributed by atoms with Crippen molar-refractivity contribution in [3.63, 3.8) is 0 Å². The third-order valence-electron chi connectivity index (χ3n) is 3.09. The zero-order chi connectivity index (χ0) is 16.7. The first-order valence-electron chi connectivity index (χ1n) is 6.80. The summed E-state index contributed by atoms with van der Waals surface area (Å²) in [7, 11) is 2.86. The van der Waals surface area contributed by atoms with Crippen molar-refractivity contribution in [2.45, 2.75) is 0 Å². The second-order valence-corrected chi connectivity index (χ2v) is 7.60. The summed E-state index contributed by atoms with van der Waals surface area (Å²) in [6.45, 7) is -2.97. The fourth-order valence-corrected chi connectivity index (χ4v) is 2.89. The van der Waals surface area contributed by atoms with E-state index in [1.807, 2.05) is 60.7 Å². The first kappa shape index (κ1) is 17.4. The Morgan fingerprint density at radius 2 is 1.39 bits per heavy atom. The van der Waals surface area contributed by atoms with Gasteiger partial charge in [-0.25, -0.2) is 0 Å². The number of allylic oxidation sites excluding steroid dienone is 1. The third-order valence-corrected chi connectivity index (χ3v) is 5.51. The number of rotatable bonds is 6. The molecule has 118 valence electrons. The van der Waals surface area contributed by atoms with Gasteiger partial charge >= 0.3 is 6.72 Å². The minimum absolute atomic E-state index is 0.353. The standard InChI is InChI=1S/C17H16NO3PS/c1-19-22(23,20-2)21-17(15-11-7-4-8-12-15)16(13-18)14-9-5-3-6-10-14/h3-12H,1-2H3/b17-16+. The monoisotopic (exact) mass is 345 g/mol. The van der Waals surface area contributed by atoms with Gasteiger partial charge in [-0.15, -0.1) is 0 Å². The van der Waals surface area contributed by atoms with Crippen LogP contribution in [0.25, 0.3) is 11.3 Å². The molecule has 0 N–H and O–H groups in total. The van der Waals surface area contributed by atoms with Gasteiger partial charge in [-0.2, -0.15) is 5.26 Å². The van der Waals surface area contributed by atoms with Gasteiger partial charge in [0.25, 0.3) is 0 Å². The average molecular weight is 345 g/mol. The van der Waals surface area contributed by atoms with Crippen LogP contribution in [-0.2, 0) is 25.4 Å². The Labute approximate surface area is 141 Å². The molecule has 0 atom stereocenters. The topological polar surface area (TPSA) is 51.5 Å². The van der Waals surface area contributed by atoms with E-state index in [4.69, 9.17) is 25.4 Å². The van der Waals surface area contributed by atoms with Gasteiger partial charge < -0.3 is 13.6 Å². The van der Waals surface area contributed by atoms with Crippen molar-refractivity contribution in [2.24, 2.45) is 0 Å². The van der Waals surface area contributed by atoms with Crippen molar-refractivity contribution in [1.82, 2.24) is 0 Å². The van der Waals surface area contributed by atoms with Crippen LogP contribution in [0.15, 0.2) is 60.7 Å². The van der Waals surface area contributed by atoms with E-state index in [1.54, 1.807) is 0 Å². The fraction of sp³-hybridized carbons (Fsp3) is 0.118. The van der Waals surface area contributed by atoms with Crippen LogP contribution in [-0.4, -0.2) is 14.2 Å². The Morgan fingerprint density at radius 3 is 1.83 bits per heavy atom. The molecule has 2 aromatic carbocycles. The summed E-state index contributed by atoms with van der Waals surface area (Å²) in [6, 6.07) is 20.8. The second kappa shape index (κ2) is 8.05. The molecule has 6 heteroatoms. The number of nitrogens with zero attached hydrogens (tertiary/aromatic N) is 1. The van der Waals surface area contributed by atoms with Crippen LogP contribution in [0.3, 0.4) is 0 Å². The maximum atomic E-state index is 9.66. The minimum Gasteiger partial charge on any atom is -0.422 e. The van der Waals surface area contributed by atoms with Crippen molar-refractivity contribution in [2.75, 3.05) is 14.2 Å². The average Bonchev–Trinajstić information content (AvgIpc) is 2.63. The van der Waals surface area contributed by atoms with Crippen molar-refractivity contribution in [1.29, 1.82) is 5.26 Å². The largest absolute Gasteiger partial charge is 0.422 e. The molecule has 0 radical (unpaired) electrons. The minimum atomic E-state index is -2.97. The highest BCUT2D eigenvalue weighted by atomic mass is 32.5. The molecule has 0 unspecified atom stereocenters. The first-order valence-corrected chi connectivity index (χ1v) is 9.35. The summed E-state index contributed by atoms with van der Waals surface area (Å²) in [4.78, 5) is 0. The fourth-order valence-electron chi connectivity index (χ4n) is 1.94. The SMILES string of the molecule is COP(=S)(OC)O/C(=C(\C#N)c1ccccc1)c1ccccc1. The van der Waals surface area contributed by atoms with Crippen LogP contribution in [0, 0.1) is 11.3 Å². The van der Waals surface area contributed by atoms with E-state index in [1.165, 1.54) is 14.2 Å². The molecular weight excluding hydrogens is 329 g/mol. The molecule has 0 spiro atoms. The molecule has 0 bridgehead atoms. The van der Waals surface area contributed by atoms with Gasteiger partial charge in [0, 0.05) is 31.6 Å². The van der Waals surface area contributed by atoms with Crippen molar-refractivity contribution in [3.8, 4) is 6.07 Å². The predicted octanol–water partition coefficient (Wildman–Crippen LogP) is 4.61. The van der Waals surface area contributed by atoms with Crippen molar-refractivity contribution in [3.05, 3.63) is 71.8 Å². The van der Waals surface area contributed by atoms with Gasteiger partial charge in [0.2, 0.25) is 0 Å². The number of hydrogen-bond donors (Lipinski definition) is 0. The summed E-state index contributed by atoms with van der Waals surface area (Å²) in [5.41, 5.74) is 1.85. The van der Waals surface area contributed by atoms with E-state index in [0.29, 0.717) is 11.3 Å². The summed E-state index contributed by atoms with van der Waals surface area (Å²) in [5, 5.41) is 9.66. The van der Waals surface area contributed by atoms with Gasteiger partial charge in [0.1, 0.15) is 11.6 Å². The van der Waals surface area contributed by atoms with Crippen LogP contribution < -0.4 is 0 Å². The summed E-state index contributed by atoms with van der Waals surface area (Å²) < 4.78 is 16.3. The Morgan fingerprint density at radius 1 is 0.913 bits per heavy atom. The lowest BCUT2D eigenvalue weighted by Crippen LogP contribution is -1.98. The number of benzene rings is 2. The van der Waals surface area contributed by atoms with Gasteiger partial charge in [0.05, 0.1) is 0 Å². The molecule has 0 heterocycles. The molecule has 0 aliphatic heterocycles. The summed E-state index contributed by atoms with van der Waals surface area (Å²) in [6.07, 6.45) is 0. The number of hydrogen-bond acceptors (Lipinski definition) is 5. The zero-order valence-electron chi connectivity index (χ0n) is 12.8. The van der Waals surface area contributed by atoms with Crippen molar-refractivity contribution < 1.29 is 13.6 Å². The Kier molecular flexibility index (Phi) is 6.09. The Balaban J connectivity index is 2.64. The van der Waals surface area contributed by atoms with E-state index in [2.05, 4.69) is 6.07 Å². The lowest BCUT2D eigenvalue weighted by Gasteiger charge is -2.21. The quantitative estimate of drug-likeness (QED) is 0.331. The van der Waals surface area contributed by atoms with E-state index in [-0.39, 0.29) is 0 Å². The molecule has 0 aliphatic rings. The molecule has 2 rings (SSSR count). The molecule has 2 aromatic rings. The molecule has 0 fully saturated rings. The van der Waals surface area contributed by atoms with Gasteiger partial charge in [-0.05, 0) is 5.56 Å². The Hall–Kier alpha value is -1.96. The Bertz CT molecular complexity index is 761. The maximum absolute atomic E-state index is 9.66. The second-order valence-electron chi connectivity index (χ2n) is 4.45. The van der Waals surface area contributed by atoms with Crippen LogP contribution in [0.1, 0.15) is 11.1 Å². The first-order chi connectivity index (χ1) is 11.1. The molecule has 0 amide bonds. The molecule has 4 nitrogen and oxygen atoms in total. The third kappa shape index (κ3) is 4.28. The van der Waals surface area contributed by atoms with E-state index in [9.17, 15) is 5.26 Å². The molecular formula is C17H16NO3PS. The van der Waals surface area contributed by atoms with E-state index < -0.39 is 6.72 Å². The smallest absolute Gasteiger partial charge is 0.380 e. The zero-order valence-corrected chi connectivity index (χ0v) is 14.5. The molecule has 23 heavy (non-hydrogen) atoms. The highest BCUT2D eigenvalue weighted by Gasteiger charge is 2.24. The van der Waals surface area contributed by atoms with Gasteiger partial charge in [0.15, 0.2) is 5.76 Å². The highest BCUT2D eigenvalue weighted by Crippen LogP contribution is 2.52. The molecule has 0 saturated heterocycles. The van der Waals surface area contributed by atoms with Crippen LogP contribution in [0.5, 0.6) is 0 Å². The molecule has 0 aromatic heterocycles. The van der Waals surface area contributed by atoms with E-state index in [0.717, 1.165) is 11.1 Å².